The summed E-state index contributed by atoms with van der Waals surface area (Å²) in [7, 11) is 0. The van der Waals surface area contributed by atoms with Gasteiger partial charge in [-0.1, -0.05) is 35.5 Å². The standard InChI is InChI=1S/C23H24N4O2/c1-16-12-19(29-26-16)13-20(28)27-11-5-9-23(15-27)10-8-18-14-24-22(25-21(18)23)17-6-3-2-4-7-17/h2-4,6-7,12,14H,5,8-11,13,15H2,1H3. The molecule has 148 valence electrons. The Labute approximate surface area is 170 Å². The van der Waals surface area contributed by atoms with Crippen LogP contribution in [0.5, 0.6) is 0 Å². The van der Waals surface area contributed by atoms with E-state index in [4.69, 9.17) is 9.51 Å². The zero-order valence-electron chi connectivity index (χ0n) is 16.6. The van der Waals surface area contributed by atoms with Crippen molar-refractivity contribution in [1.29, 1.82) is 0 Å². The minimum atomic E-state index is -0.0625. The van der Waals surface area contributed by atoms with E-state index in [1.807, 2.05) is 54.4 Å². The van der Waals surface area contributed by atoms with Crippen molar-refractivity contribution in [1.82, 2.24) is 20.0 Å². The number of hydrogen-bond acceptors (Lipinski definition) is 5. The van der Waals surface area contributed by atoms with Crippen LogP contribution in [0.2, 0.25) is 0 Å². The number of amides is 1. The summed E-state index contributed by atoms with van der Waals surface area (Å²) >= 11 is 0. The lowest BCUT2D eigenvalue weighted by molar-refractivity contribution is -0.133. The molecule has 1 aromatic carbocycles. The molecule has 5 rings (SSSR count). The van der Waals surface area contributed by atoms with Crippen molar-refractivity contribution >= 4 is 5.91 Å². The summed E-state index contributed by atoms with van der Waals surface area (Å²) in [5.41, 5.74) is 4.14. The molecular weight excluding hydrogens is 364 g/mol. The zero-order valence-corrected chi connectivity index (χ0v) is 16.6. The van der Waals surface area contributed by atoms with Crippen LogP contribution in [0.15, 0.2) is 47.1 Å². The Morgan fingerprint density at radius 3 is 2.90 bits per heavy atom. The van der Waals surface area contributed by atoms with Gasteiger partial charge >= 0.3 is 0 Å². The molecule has 1 aliphatic carbocycles. The van der Waals surface area contributed by atoms with Crippen LogP contribution in [0, 0.1) is 6.92 Å². The lowest BCUT2D eigenvalue weighted by atomic mass is 9.77. The topological polar surface area (TPSA) is 72.1 Å². The third-order valence-electron chi connectivity index (χ3n) is 6.20. The van der Waals surface area contributed by atoms with E-state index in [2.05, 4.69) is 10.1 Å². The third kappa shape index (κ3) is 3.33. The Bertz CT molecular complexity index is 1040. The molecule has 0 radical (unpaired) electrons. The van der Waals surface area contributed by atoms with E-state index in [9.17, 15) is 4.79 Å². The van der Waals surface area contributed by atoms with Crippen LogP contribution in [0.25, 0.3) is 11.4 Å². The maximum absolute atomic E-state index is 12.9. The molecule has 0 N–H and O–H groups in total. The quantitative estimate of drug-likeness (QED) is 0.687. The SMILES string of the molecule is Cc1cc(CC(=O)N2CCCC3(CCc4cnc(-c5ccccc5)nc43)C2)on1. The first-order valence-electron chi connectivity index (χ1n) is 10.2. The second-order valence-corrected chi connectivity index (χ2v) is 8.24. The number of piperidine rings is 1. The molecule has 1 aliphatic heterocycles. The molecule has 1 fully saturated rings. The molecule has 3 aromatic rings. The molecule has 29 heavy (non-hydrogen) atoms. The minimum Gasteiger partial charge on any atom is -0.361 e. The molecule has 2 aromatic heterocycles. The van der Waals surface area contributed by atoms with Crippen molar-refractivity contribution in [2.45, 2.75) is 44.4 Å². The van der Waals surface area contributed by atoms with E-state index in [0.29, 0.717) is 5.76 Å². The number of aryl methyl sites for hydroxylation is 2. The van der Waals surface area contributed by atoms with Crippen LogP contribution in [0.1, 0.15) is 42.0 Å². The maximum Gasteiger partial charge on any atom is 0.230 e. The average Bonchev–Trinajstić information content (AvgIpc) is 3.32. The molecule has 1 amide bonds. The molecular formula is C23H24N4O2. The van der Waals surface area contributed by atoms with Crippen LogP contribution < -0.4 is 0 Å². The van der Waals surface area contributed by atoms with Gasteiger partial charge in [0, 0.05) is 36.3 Å². The fourth-order valence-electron chi connectivity index (χ4n) is 4.77. The van der Waals surface area contributed by atoms with E-state index < -0.39 is 0 Å². The van der Waals surface area contributed by atoms with Crippen LogP contribution in [0.3, 0.4) is 0 Å². The summed E-state index contributed by atoms with van der Waals surface area (Å²) < 4.78 is 5.25. The van der Waals surface area contributed by atoms with Gasteiger partial charge in [-0.25, -0.2) is 9.97 Å². The lowest BCUT2D eigenvalue weighted by Gasteiger charge is -2.40. The van der Waals surface area contributed by atoms with Gasteiger partial charge in [0.05, 0.1) is 17.8 Å². The predicted molar refractivity (Wildman–Crippen MR) is 108 cm³/mol. The molecule has 1 spiro atoms. The fourth-order valence-corrected chi connectivity index (χ4v) is 4.77. The first-order chi connectivity index (χ1) is 14.1. The highest BCUT2D eigenvalue weighted by Crippen LogP contribution is 2.44. The van der Waals surface area contributed by atoms with Gasteiger partial charge in [0.2, 0.25) is 5.91 Å². The molecule has 0 saturated carbocycles. The summed E-state index contributed by atoms with van der Waals surface area (Å²) in [6.45, 7) is 3.38. The Hall–Kier alpha value is -3.02. The number of likely N-dealkylation sites (tertiary alicyclic amines) is 1. The van der Waals surface area contributed by atoms with Gasteiger partial charge in [-0.15, -0.1) is 0 Å². The number of carbonyl (C=O) groups excluding carboxylic acids is 1. The second kappa shape index (κ2) is 7.10. The highest BCUT2D eigenvalue weighted by Gasteiger charge is 2.44. The Balaban J connectivity index is 1.41. The summed E-state index contributed by atoms with van der Waals surface area (Å²) in [6, 6.07) is 11.9. The Morgan fingerprint density at radius 1 is 1.24 bits per heavy atom. The molecule has 1 atom stereocenters. The van der Waals surface area contributed by atoms with Gasteiger partial charge in [-0.2, -0.15) is 0 Å². The van der Waals surface area contributed by atoms with Crippen molar-refractivity contribution in [2.75, 3.05) is 13.1 Å². The number of aromatic nitrogens is 3. The van der Waals surface area contributed by atoms with E-state index in [1.165, 1.54) is 5.56 Å². The van der Waals surface area contributed by atoms with Crippen molar-refractivity contribution in [2.24, 2.45) is 0 Å². The van der Waals surface area contributed by atoms with Crippen LogP contribution in [0.4, 0.5) is 0 Å². The summed E-state index contributed by atoms with van der Waals surface area (Å²) in [6.07, 6.45) is 6.32. The highest BCUT2D eigenvalue weighted by atomic mass is 16.5. The van der Waals surface area contributed by atoms with Gasteiger partial charge in [0.15, 0.2) is 5.82 Å². The summed E-state index contributed by atoms with van der Waals surface area (Å²) in [5.74, 6) is 1.50. The number of hydrogen-bond donors (Lipinski definition) is 0. The monoisotopic (exact) mass is 388 g/mol. The smallest absolute Gasteiger partial charge is 0.230 e. The Kier molecular flexibility index (Phi) is 4.42. The van der Waals surface area contributed by atoms with Crippen molar-refractivity contribution < 1.29 is 9.32 Å². The van der Waals surface area contributed by atoms with E-state index in [0.717, 1.165) is 61.5 Å². The first kappa shape index (κ1) is 18.0. The number of carbonyl (C=O) groups is 1. The van der Waals surface area contributed by atoms with Crippen molar-refractivity contribution in [3.05, 3.63) is 65.3 Å². The Morgan fingerprint density at radius 2 is 2.10 bits per heavy atom. The number of rotatable bonds is 3. The molecule has 2 aliphatic rings. The average molecular weight is 388 g/mol. The number of benzene rings is 1. The van der Waals surface area contributed by atoms with E-state index in [1.54, 1.807) is 0 Å². The minimum absolute atomic E-state index is 0.0625. The zero-order chi connectivity index (χ0) is 19.8. The van der Waals surface area contributed by atoms with Crippen molar-refractivity contribution in [3.8, 4) is 11.4 Å². The van der Waals surface area contributed by atoms with E-state index in [-0.39, 0.29) is 17.7 Å². The van der Waals surface area contributed by atoms with E-state index >= 15 is 0 Å². The number of fused-ring (bicyclic) bond motifs is 2. The molecule has 1 unspecified atom stereocenters. The van der Waals surface area contributed by atoms with Gasteiger partial charge in [0.1, 0.15) is 5.76 Å². The van der Waals surface area contributed by atoms with Gasteiger partial charge in [-0.3, -0.25) is 4.79 Å². The normalized spacial score (nSPS) is 20.8. The maximum atomic E-state index is 12.9. The summed E-state index contributed by atoms with van der Waals surface area (Å²) in [4.78, 5) is 24.5. The second-order valence-electron chi connectivity index (χ2n) is 8.24. The fraction of sp³-hybridized carbons (Fsp3) is 0.391. The summed E-state index contributed by atoms with van der Waals surface area (Å²) in [5, 5.41) is 3.89. The first-order valence-corrected chi connectivity index (χ1v) is 10.2. The van der Waals surface area contributed by atoms with Crippen LogP contribution >= 0.6 is 0 Å². The molecule has 6 heteroatoms. The lowest BCUT2D eigenvalue weighted by Crippen LogP contribution is -2.48. The molecule has 6 nitrogen and oxygen atoms in total. The van der Waals surface area contributed by atoms with Crippen molar-refractivity contribution in [3.63, 3.8) is 0 Å². The van der Waals surface area contributed by atoms with Crippen LogP contribution in [-0.2, 0) is 23.1 Å². The predicted octanol–water partition coefficient (Wildman–Crippen LogP) is 3.49. The number of nitrogens with zero attached hydrogens (tertiary/aromatic N) is 4. The molecule has 3 heterocycles. The highest BCUT2D eigenvalue weighted by molar-refractivity contribution is 5.78. The molecule has 0 bridgehead atoms. The van der Waals surface area contributed by atoms with Crippen LogP contribution in [-0.4, -0.2) is 39.0 Å². The largest absolute Gasteiger partial charge is 0.361 e. The molecule has 1 saturated heterocycles. The van der Waals surface area contributed by atoms with Gasteiger partial charge < -0.3 is 9.42 Å². The van der Waals surface area contributed by atoms with Gasteiger partial charge in [0.25, 0.3) is 0 Å². The third-order valence-corrected chi connectivity index (χ3v) is 6.20. The van der Waals surface area contributed by atoms with Gasteiger partial charge in [-0.05, 0) is 38.2 Å².